The van der Waals surface area contributed by atoms with Gasteiger partial charge in [0.2, 0.25) is 5.91 Å². The first-order valence-electron chi connectivity index (χ1n) is 5.53. The van der Waals surface area contributed by atoms with E-state index in [0.29, 0.717) is 5.92 Å². The topological polar surface area (TPSA) is 43.1 Å². The lowest BCUT2D eigenvalue weighted by molar-refractivity contribution is -0.125. The Labute approximate surface area is 78.9 Å². The fourth-order valence-electron chi connectivity index (χ4n) is 4.28. The van der Waals surface area contributed by atoms with E-state index in [1.165, 1.54) is 25.7 Å². The predicted octanol–water partition coefficient (Wildman–Crippen LogP) is 1.54. The second-order valence-electron chi connectivity index (χ2n) is 5.34. The van der Waals surface area contributed by atoms with E-state index in [0.717, 1.165) is 24.2 Å². The van der Waals surface area contributed by atoms with Crippen LogP contribution in [0.1, 0.15) is 32.1 Å². The zero-order chi connectivity index (χ0) is 9.00. The van der Waals surface area contributed by atoms with Gasteiger partial charge in [0.1, 0.15) is 0 Å². The molecule has 13 heavy (non-hydrogen) atoms. The van der Waals surface area contributed by atoms with Crippen molar-refractivity contribution in [3.63, 3.8) is 0 Å². The van der Waals surface area contributed by atoms with E-state index in [2.05, 4.69) is 0 Å². The fourth-order valence-corrected chi connectivity index (χ4v) is 4.28. The van der Waals surface area contributed by atoms with Crippen LogP contribution in [0.15, 0.2) is 0 Å². The van der Waals surface area contributed by atoms with Gasteiger partial charge in [-0.15, -0.1) is 0 Å². The second kappa shape index (κ2) is 2.49. The minimum atomic E-state index is -0.0257. The molecule has 3 aliphatic carbocycles. The monoisotopic (exact) mass is 179 g/mol. The minimum Gasteiger partial charge on any atom is -0.369 e. The molecule has 3 aliphatic rings. The first-order chi connectivity index (χ1) is 6.24. The van der Waals surface area contributed by atoms with Crippen LogP contribution in [0.4, 0.5) is 0 Å². The van der Waals surface area contributed by atoms with Crippen molar-refractivity contribution in [1.82, 2.24) is 0 Å². The molecule has 0 aromatic heterocycles. The number of hydrogen-bond donors (Lipinski definition) is 1. The predicted molar refractivity (Wildman–Crippen MR) is 49.7 cm³/mol. The highest BCUT2D eigenvalue weighted by atomic mass is 16.1. The Bertz CT molecular complexity index is 248. The molecule has 0 aliphatic heterocycles. The zero-order valence-electron chi connectivity index (χ0n) is 7.91. The summed E-state index contributed by atoms with van der Waals surface area (Å²) in [5.41, 5.74) is 5.46. The average Bonchev–Trinajstić information content (AvgIpc) is 2.27. The van der Waals surface area contributed by atoms with Gasteiger partial charge >= 0.3 is 0 Å². The first kappa shape index (κ1) is 7.84. The molecule has 1 amide bonds. The highest BCUT2D eigenvalue weighted by Crippen LogP contribution is 2.57. The Morgan fingerprint density at radius 3 is 2.38 bits per heavy atom. The maximum absolute atomic E-state index is 11.3. The molecular formula is C11H17NO. The van der Waals surface area contributed by atoms with E-state index < -0.39 is 0 Å². The maximum atomic E-state index is 11.3. The summed E-state index contributed by atoms with van der Waals surface area (Å²) in [6.45, 7) is 0. The van der Waals surface area contributed by atoms with Gasteiger partial charge in [0, 0.05) is 5.92 Å². The molecule has 3 fully saturated rings. The number of fused-ring (bicyclic) bond motifs is 2. The number of rotatable bonds is 1. The van der Waals surface area contributed by atoms with Gasteiger partial charge in [-0.25, -0.2) is 0 Å². The standard InChI is InChI=1S/C11H17NO/c12-11(13)10-5-7-1-6-2-8(3-7)9(10)4-6/h6-10H,1-5H2,(H2,12,13)/t6-,7+,8-,9-,10?/m1/s1. The normalized spacial score (nSPS) is 52.5. The lowest BCUT2D eigenvalue weighted by Crippen LogP contribution is -2.37. The number of amides is 1. The lowest BCUT2D eigenvalue weighted by Gasteiger charge is -2.38. The molecule has 0 aromatic rings. The zero-order valence-corrected chi connectivity index (χ0v) is 7.91. The second-order valence-corrected chi connectivity index (χ2v) is 5.34. The van der Waals surface area contributed by atoms with E-state index in [4.69, 9.17) is 5.73 Å². The molecule has 2 heteroatoms. The smallest absolute Gasteiger partial charge is 0.220 e. The van der Waals surface area contributed by atoms with Crippen LogP contribution >= 0.6 is 0 Å². The van der Waals surface area contributed by atoms with Gasteiger partial charge in [-0.3, -0.25) is 4.79 Å². The molecule has 0 radical (unpaired) electrons. The van der Waals surface area contributed by atoms with E-state index in [1.807, 2.05) is 0 Å². The quantitative estimate of drug-likeness (QED) is 0.652. The van der Waals surface area contributed by atoms with E-state index in [-0.39, 0.29) is 11.8 Å². The van der Waals surface area contributed by atoms with E-state index >= 15 is 0 Å². The van der Waals surface area contributed by atoms with Crippen molar-refractivity contribution in [2.45, 2.75) is 32.1 Å². The maximum Gasteiger partial charge on any atom is 0.220 e. The number of primary amides is 1. The summed E-state index contributed by atoms with van der Waals surface area (Å²) in [5.74, 6) is 3.51. The highest BCUT2D eigenvalue weighted by molar-refractivity contribution is 5.77. The summed E-state index contributed by atoms with van der Waals surface area (Å²) < 4.78 is 0. The summed E-state index contributed by atoms with van der Waals surface area (Å²) in [5, 5.41) is 0. The Balaban J connectivity index is 1.91. The van der Waals surface area contributed by atoms with Crippen molar-refractivity contribution in [2.24, 2.45) is 35.3 Å². The Morgan fingerprint density at radius 2 is 1.69 bits per heavy atom. The molecule has 1 unspecified atom stereocenters. The van der Waals surface area contributed by atoms with Crippen LogP contribution in [0.3, 0.4) is 0 Å². The third kappa shape index (κ3) is 1.04. The lowest BCUT2D eigenvalue weighted by atomic mass is 9.67. The molecule has 0 aromatic carbocycles. The summed E-state index contributed by atoms with van der Waals surface area (Å²) in [6, 6.07) is 0. The molecule has 5 atom stereocenters. The van der Waals surface area contributed by atoms with Crippen LogP contribution in [0.25, 0.3) is 0 Å². The van der Waals surface area contributed by atoms with Crippen LogP contribution < -0.4 is 5.73 Å². The van der Waals surface area contributed by atoms with Crippen LogP contribution in [0, 0.1) is 29.6 Å². The van der Waals surface area contributed by atoms with Gasteiger partial charge in [0.15, 0.2) is 0 Å². The summed E-state index contributed by atoms with van der Waals surface area (Å²) in [6.07, 6.45) is 6.58. The largest absolute Gasteiger partial charge is 0.369 e. The van der Waals surface area contributed by atoms with Gasteiger partial charge in [0.25, 0.3) is 0 Å². The fraction of sp³-hybridized carbons (Fsp3) is 0.909. The SMILES string of the molecule is NC(=O)C1C[C@H]2C[C@@H]3C[C@H](C2)[C@H]1C3. The molecule has 3 bridgehead atoms. The summed E-state index contributed by atoms with van der Waals surface area (Å²) in [4.78, 5) is 11.3. The van der Waals surface area contributed by atoms with Gasteiger partial charge < -0.3 is 5.73 Å². The molecule has 72 valence electrons. The van der Waals surface area contributed by atoms with Crippen molar-refractivity contribution in [2.75, 3.05) is 0 Å². The van der Waals surface area contributed by atoms with Crippen molar-refractivity contribution < 1.29 is 4.79 Å². The minimum absolute atomic E-state index is 0.0257. The summed E-state index contributed by atoms with van der Waals surface area (Å²) >= 11 is 0. The van der Waals surface area contributed by atoms with Crippen LogP contribution in [-0.4, -0.2) is 5.91 Å². The van der Waals surface area contributed by atoms with Gasteiger partial charge in [-0.2, -0.15) is 0 Å². The number of nitrogens with two attached hydrogens (primary N) is 1. The van der Waals surface area contributed by atoms with Crippen LogP contribution in [0.2, 0.25) is 0 Å². The van der Waals surface area contributed by atoms with Gasteiger partial charge in [-0.05, 0) is 55.8 Å². The Morgan fingerprint density at radius 1 is 1.00 bits per heavy atom. The van der Waals surface area contributed by atoms with Crippen molar-refractivity contribution in [3.8, 4) is 0 Å². The Kier molecular flexibility index (Phi) is 1.50. The van der Waals surface area contributed by atoms with Gasteiger partial charge in [0.05, 0.1) is 0 Å². The van der Waals surface area contributed by atoms with Gasteiger partial charge in [-0.1, -0.05) is 0 Å². The third-order valence-electron chi connectivity index (χ3n) is 4.62. The number of carbonyl (C=O) groups is 1. The van der Waals surface area contributed by atoms with Crippen molar-refractivity contribution >= 4 is 5.91 Å². The first-order valence-corrected chi connectivity index (χ1v) is 5.53. The number of carbonyl (C=O) groups excluding carboxylic acids is 1. The highest BCUT2D eigenvalue weighted by Gasteiger charge is 2.50. The van der Waals surface area contributed by atoms with Crippen LogP contribution in [-0.2, 0) is 4.79 Å². The molecule has 3 saturated carbocycles. The molecule has 0 heterocycles. The summed E-state index contributed by atoms with van der Waals surface area (Å²) in [7, 11) is 0. The molecule has 0 spiro atoms. The molecule has 0 saturated heterocycles. The molecule has 2 nitrogen and oxygen atoms in total. The van der Waals surface area contributed by atoms with E-state index in [1.54, 1.807) is 0 Å². The van der Waals surface area contributed by atoms with Crippen molar-refractivity contribution in [1.29, 1.82) is 0 Å². The Hall–Kier alpha value is -0.530. The molecule has 2 N–H and O–H groups in total. The average molecular weight is 179 g/mol. The van der Waals surface area contributed by atoms with E-state index in [9.17, 15) is 4.79 Å². The third-order valence-corrected chi connectivity index (χ3v) is 4.62. The molecular weight excluding hydrogens is 162 g/mol. The van der Waals surface area contributed by atoms with Crippen molar-refractivity contribution in [3.05, 3.63) is 0 Å². The molecule has 3 rings (SSSR count). The van der Waals surface area contributed by atoms with Crippen LogP contribution in [0.5, 0.6) is 0 Å². The number of hydrogen-bond acceptors (Lipinski definition) is 1.